The largest absolute Gasteiger partial charge is 0.494 e. The number of nitrogens with zero attached hydrogens (tertiary/aromatic N) is 1. The van der Waals surface area contributed by atoms with E-state index >= 15 is 0 Å². The summed E-state index contributed by atoms with van der Waals surface area (Å²) >= 11 is 0. The smallest absolute Gasteiger partial charge is 0.123 e. The Bertz CT molecular complexity index is 391. The Labute approximate surface area is 118 Å². The topological polar surface area (TPSA) is 12.5 Å². The Hall–Kier alpha value is -1.02. The monoisotopic (exact) mass is 263 g/mol. The molecule has 0 bridgehead atoms. The molecule has 0 aliphatic heterocycles. The molecule has 0 heterocycles. The average Bonchev–Trinajstić information content (AvgIpc) is 2.29. The van der Waals surface area contributed by atoms with Crippen LogP contribution in [0.25, 0.3) is 0 Å². The lowest BCUT2D eigenvalue weighted by atomic mass is 9.85. The standard InChI is InChI=1S/C17H29NO/c1-7-19-16-11-10-14(9-8-12-18(5)6)13-15(16)17(2,3)4/h10-11,13H,7-9,12H2,1-6H3. The van der Waals surface area contributed by atoms with Crippen molar-refractivity contribution < 1.29 is 4.74 Å². The molecule has 0 saturated heterocycles. The zero-order valence-corrected chi connectivity index (χ0v) is 13.4. The molecule has 0 N–H and O–H groups in total. The molecule has 0 atom stereocenters. The maximum atomic E-state index is 5.75. The van der Waals surface area contributed by atoms with E-state index in [1.807, 2.05) is 6.92 Å². The maximum Gasteiger partial charge on any atom is 0.123 e. The minimum atomic E-state index is 0.127. The number of hydrogen-bond acceptors (Lipinski definition) is 2. The molecular weight excluding hydrogens is 234 g/mol. The van der Waals surface area contributed by atoms with E-state index in [1.54, 1.807) is 0 Å². The van der Waals surface area contributed by atoms with Gasteiger partial charge in [-0.15, -0.1) is 0 Å². The molecule has 2 nitrogen and oxygen atoms in total. The van der Waals surface area contributed by atoms with E-state index in [2.05, 4.69) is 58.0 Å². The maximum absolute atomic E-state index is 5.75. The second kappa shape index (κ2) is 6.95. The molecule has 1 aromatic rings. The summed E-state index contributed by atoms with van der Waals surface area (Å²) < 4.78 is 5.75. The highest BCUT2D eigenvalue weighted by Gasteiger charge is 2.19. The summed E-state index contributed by atoms with van der Waals surface area (Å²) in [7, 11) is 4.25. The van der Waals surface area contributed by atoms with Gasteiger partial charge in [-0.3, -0.25) is 0 Å². The molecule has 1 aromatic carbocycles. The van der Waals surface area contributed by atoms with Crippen molar-refractivity contribution in [2.75, 3.05) is 27.2 Å². The van der Waals surface area contributed by atoms with E-state index in [0.717, 1.165) is 25.3 Å². The number of aryl methyl sites for hydroxylation is 1. The third-order valence-electron chi connectivity index (χ3n) is 3.22. The molecule has 0 radical (unpaired) electrons. The highest BCUT2D eigenvalue weighted by molar-refractivity contribution is 5.41. The lowest BCUT2D eigenvalue weighted by Crippen LogP contribution is -2.15. The molecule has 0 aromatic heterocycles. The van der Waals surface area contributed by atoms with Crippen LogP contribution in [-0.4, -0.2) is 32.1 Å². The number of benzene rings is 1. The van der Waals surface area contributed by atoms with Gasteiger partial charge in [-0.25, -0.2) is 0 Å². The van der Waals surface area contributed by atoms with Crippen molar-refractivity contribution >= 4 is 0 Å². The SMILES string of the molecule is CCOc1ccc(CCCN(C)C)cc1C(C)(C)C. The lowest BCUT2D eigenvalue weighted by Gasteiger charge is -2.23. The summed E-state index contributed by atoms with van der Waals surface area (Å²) in [4.78, 5) is 2.24. The summed E-state index contributed by atoms with van der Waals surface area (Å²) in [5.41, 5.74) is 2.86. The fourth-order valence-electron chi connectivity index (χ4n) is 2.20. The molecule has 0 saturated carbocycles. The number of ether oxygens (including phenoxy) is 1. The van der Waals surface area contributed by atoms with Crippen LogP contribution < -0.4 is 4.74 Å². The molecule has 0 spiro atoms. The van der Waals surface area contributed by atoms with Crippen molar-refractivity contribution in [3.05, 3.63) is 29.3 Å². The summed E-state index contributed by atoms with van der Waals surface area (Å²) in [5.74, 6) is 1.03. The minimum Gasteiger partial charge on any atom is -0.494 e. The zero-order chi connectivity index (χ0) is 14.5. The van der Waals surface area contributed by atoms with Crippen molar-refractivity contribution in [2.24, 2.45) is 0 Å². The van der Waals surface area contributed by atoms with Gasteiger partial charge >= 0.3 is 0 Å². The quantitative estimate of drug-likeness (QED) is 0.772. The molecule has 2 heteroatoms. The first-order valence-electron chi connectivity index (χ1n) is 7.25. The van der Waals surface area contributed by atoms with E-state index in [0.29, 0.717) is 0 Å². The molecule has 108 valence electrons. The van der Waals surface area contributed by atoms with E-state index in [9.17, 15) is 0 Å². The van der Waals surface area contributed by atoms with Crippen molar-refractivity contribution in [2.45, 2.75) is 46.0 Å². The van der Waals surface area contributed by atoms with Gasteiger partial charge in [0.05, 0.1) is 6.61 Å². The van der Waals surface area contributed by atoms with Crippen LogP contribution in [0.1, 0.15) is 45.2 Å². The van der Waals surface area contributed by atoms with Gasteiger partial charge in [0.25, 0.3) is 0 Å². The summed E-state index contributed by atoms with van der Waals surface area (Å²) in [5, 5.41) is 0. The Morgan fingerprint density at radius 3 is 2.37 bits per heavy atom. The Morgan fingerprint density at radius 2 is 1.84 bits per heavy atom. The van der Waals surface area contributed by atoms with E-state index in [4.69, 9.17) is 4.74 Å². The van der Waals surface area contributed by atoms with Crippen molar-refractivity contribution in [1.82, 2.24) is 4.90 Å². The highest BCUT2D eigenvalue weighted by Crippen LogP contribution is 2.32. The molecule has 0 aliphatic rings. The predicted octanol–water partition coefficient (Wildman–Crippen LogP) is 3.88. The van der Waals surface area contributed by atoms with Crippen LogP contribution in [0.3, 0.4) is 0 Å². The second-order valence-corrected chi connectivity index (χ2v) is 6.42. The molecule has 1 rings (SSSR count). The number of rotatable bonds is 6. The normalized spacial score (nSPS) is 11.9. The average molecular weight is 263 g/mol. The van der Waals surface area contributed by atoms with Crippen molar-refractivity contribution in [3.63, 3.8) is 0 Å². The van der Waals surface area contributed by atoms with Gasteiger partial charge in [-0.05, 0) is 63.0 Å². The fraction of sp³-hybridized carbons (Fsp3) is 0.647. The molecular formula is C17H29NO. The first-order valence-corrected chi connectivity index (χ1v) is 7.25. The first kappa shape index (κ1) is 16.0. The van der Waals surface area contributed by atoms with Gasteiger partial charge in [0.1, 0.15) is 5.75 Å². The Morgan fingerprint density at radius 1 is 1.16 bits per heavy atom. The van der Waals surface area contributed by atoms with Crippen LogP contribution in [0.5, 0.6) is 5.75 Å². The minimum absolute atomic E-state index is 0.127. The van der Waals surface area contributed by atoms with E-state index < -0.39 is 0 Å². The molecule has 0 unspecified atom stereocenters. The third kappa shape index (κ3) is 5.23. The Balaban J connectivity index is 2.86. The summed E-state index contributed by atoms with van der Waals surface area (Å²) in [6.07, 6.45) is 2.33. The van der Waals surface area contributed by atoms with Gasteiger partial charge in [-0.1, -0.05) is 32.9 Å². The van der Waals surface area contributed by atoms with Gasteiger partial charge in [0.2, 0.25) is 0 Å². The van der Waals surface area contributed by atoms with Crippen LogP contribution in [-0.2, 0) is 11.8 Å². The van der Waals surface area contributed by atoms with Crippen LogP contribution in [0, 0.1) is 0 Å². The van der Waals surface area contributed by atoms with Gasteiger partial charge in [-0.2, -0.15) is 0 Å². The summed E-state index contributed by atoms with van der Waals surface area (Å²) in [6, 6.07) is 6.66. The van der Waals surface area contributed by atoms with Gasteiger partial charge in [0.15, 0.2) is 0 Å². The third-order valence-corrected chi connectivity index (χ3v) is 3.22. The second-order valence-electron chi connectivity index (χ2n) is 6.42. The van der Waals surface area contributed by atoms with Crippen LogP contribution in [0.2, 0.25) is 0 Å². The van der Waals surface area contributed by atoms with Crippen LogP contribution in [0.4, 0.5) is 0 Å². The van der Waals surface area contributed by atoms with Crippen molar-refractivity contribution in [1.29, 1.82) is 0 Å². The van der Waals surface area contributed by atoms with Crippen LogP contribution >= 0.6 is 0 Å². The van der Waals surface area contributed by atoms with Gasteiger partial charge in [0, 0.05) is 0 Å². The van der Waals surface area contributed by atoms with Crippen LogP contribution in [0.15, 0.2) is 18.2 Å². The highest BCUT2D eigenvalue weighted by atomic mass is 16.5. The van der Waals surface area contributed by atoms with E-state index in [-0.39, 0.29) is 5.41 Å². The molecule has 19 heavy (non-hydrogen) atoms. The Kier molecular flexibility index (Phi) is 5.86. The zero-order valence-electron chi connectivity index (χ0n) is 13.4. The first-order chi connectivity index (χ1) is 8.84. The lowest BCUT2D eigenvalue weighted by molar-refractivity contribution is 0.329. The van der Waals surface area contributed by atoms with E-state index in [1.165, 1.54) is 17.5 Å². The van der Waals surface area contributed by atoms with Gasteiger partial charge < -0.3 is 9.64 Å². The number of hydrogen-bond donors (Lipinski definition) is 0. The summed E-state index contributed by atoms with van der Waals surface area (Å²) in [6.45, 7) is 10.6. The molecule has 0 aliphatic carbocycles. The molecule has 0 amide bonds. The fourth-order valence-corrected chi connectivity index (χ4v) is 2.20. The van der Waals surface area contributed by atoms with Crippen molar-refractivity contribution in [3.8, 4) is 5.75 Å². The molecule has 0 fully saturated rings. The predicted molar refractivity (Wildman–Crippen MR) is 83.2 cm³/mol.